The zero-order valence-electron chi connectivity index (χ0n) is 9.89. The van der Waals surface area contributed by atoms with E-state index in [0.717, 1.165) is 10.2 Å². The van der Waals surface area contributed by atoms with Crippen LogP contribution in [0.1, 0.15) is 15.4 Å². The third-order valence-corrected chi connectivity index (χ3v) is 3.98. The Kier molecular flexibility index (Phi) is 4.83. The first-order chi connectivity index (χ1) is 9.19. The highest BCUT2D eigenvalue weighted by atomic mass is 79.9. The minimum absolute atomic E-state index is 0.239. The Balaban J connectivity index is 1.87. The van der Waals surface area contributed by atoms with Crippen LogP contribution >= 0.6 is 27.3 Å². The van der Waals surface area contributed by atoms with Crippen LogP contribution in [0.2, 0.25) is 0 Å². The van der Waals surface area contributed by atoms with E-state index in [1.165, 1.54) is 17.3 Å². The molecular formula is C11H12BrN5OS. The Morgan fingerprint density at radius 2 is 2.26 bits per heavy atom. The van der Waals surface area contributed by atoms with E-state index < -0.39 is 0 Å². The monoisotopic (exact) mass is 341 g/mol. The van der Waals surface area contributed by atoms with Crippen molar-refractivity contribution < 1.29 is 4.79 Å². The fraction of sp³-hybridized carbons (Fsp3) is 0.182. The van der Waals surface area contributed by atoms with Gasteiger partial charge in [0.2, 0.25) is 0 Å². The fourth-order valence-electron chi connectivity index (χ4n) is 1.42. The maximum absolute atomic E-state index is 11.8. The number of amides is 1. The lowest BCUT2D eigenvalue weighted by atomic mass is 10.3. The number of nitrogen functional groups attached to an aromatic ring is 1. The second kappa shape index (κ2) is 6.60. The van der Waals surface area contributed by atoms with Crippen molar-refractivity contribution in [3.63, 3.8) is 0 Å². The van der Waals surface area contributed by atoms with E-state index in [4.69, 9.17) is 5.84 Å². The molecule has 2 rings (SSSR count). The van der Waals surface area contributed by atoms with E-state index in [-0.39, 0.29) is 11.6 Å². The Morgan fingerprint density at radius 1 is 1.42 bits per heavy atom. The van der Waals surface area contributed by atoms with Gasteiger partial charge in [0.05, 0.1) is 16.2 Å². The number of anilines is 1. The van der Waals surface area contributed by atoms with E-state index in [1.54, 1.807) is 11.3 Å². The van der Waals surface area contributed by atoms with Gasteiger partial charge in [-0.05, 0) is 34.5 Å². The van der Waals surface area contributed by atoms with Crippen molar-refractivity contribution in [2.24, 2.45) is 5.84 Å². The van der Waals surface area contributed by atoms with Gasteiger partial charge in [-0.1, -0.05) is 0 Å². The minimum atomic E-state index is -0.264. The smallest absolute Gasteiger partial charge is 0.271 e. The van der Waals surface area contributed by atoms with E-state index in [9.17, 15) is 4.79 Å². The van der Waals surface area contributed by atoms with E-state index in [1.807, 2.05) is 12.1 Å². The molecule has 0 aliphatic rings. The van der Waals surface area contributed by atoms with Gasteiger partial charge in [0, 0.05) is 11.4 Å². The Bertz CT molecular complexity index is 574. The molecule has 0 saturated carbocycles. The number of hydrogen-bond donors (Lipinski definition) is 3. The highest BCUT2D eigenvalue weighted by Crippen LogP contribution is 2.22. The summed E-state index contributed by atoms with van der Waals surface area (Å²) < 4.78 is 1.08. The molecule has 2 aromatic heterocycles. The highest BCUT2D eigenvalue weighted by Gasteiger charge is 2.08. The van der Waals surface area contributed by atoms with Crippen LogP contribution in [0.25, 0.3) is 0 Å². The van der Waals surface area contributed by atoms with Crippen molar-refractivity contribution in [3.8, 4) is 0 Å². The number of aromatic nitrogens is 2. The molecule has 0 fully saturated rings. The van der Waals surface area contributed by atoms with Gasteiger partial charge in [-0.15, -0.1) is 11.3 Å². The quantitative estimate of drug-likeness (QED) is 0.566. The number of nitrogens with one attached hydrogen (secondary N) is 2. The van der Waals surface area contributed by atoms with Crippen LogP contribution in [-0.4, -0.2) is 22.4 Å². The largest absolute Gasteiger partial charge is 0.350 e. The zero-order chi connectivity index (χ0) is 13.7. The third-order valence-electron chi connectivity index (χ3n) is 2.30. The first-order valence-electron chi connectivity index (χ1n) is 5.50. The Labute approximate surface area is 122 Å². The molecule has 0 aliphatic heterocycles. The summed E-state index contributed by atoms with van der Waals surface area (Å²) in [5.74, 6) is 5.30. The van der Waals surface area contributed by atoms with Crippen molar-refractivity contribution in [1.29, 1.82) is 0 Å². The number of halogens is 1. The molecule has 0 spiro atoms. The lowest BCUT2D eigenvalue weighted by Gasteiger charge is -2.04. The van der Waals surface area contributed by atoms with Gasteiger partial charge in [-0.3, -0.25) is 9.78 Å². The molecule has 19 heavy (non-hydrogen) atoms. The summed E-state index contributed by atoms with van der Waals surface area (Å²) in [5.41, 5.74) is 2.59. The van der Waals surface area contributed by atoms with Crippen molar-refractivity contribution in [3.05, 3.63) is 38.9 Å². The van der Waals surface area contributed by atoms with Crippen LogP contribution < -0.4 is 16.6 Å². The number of thiophene rings is 1. The molecule has 0 atom stereocenters. The second-order valence-electron chi connectivity index (χ2n) is 3.65. The first kappa shape index (κ1) is 13.9. The molecule has 0 aromatic carbocycles. The predicted octanol–water partition coefficient (Wildman–Crippen LogP) is 1.56. The normalized spacial score (nSPS) is 10.2. The van der Waals surface area contributed by atoms with E-state index in [0.29, 0.717) is 12.4 Å². The summed E-state index contributed by atoms with van der Waals surface area (Å²) in [6.07, 6.45) is 3.63. The number of rotatable bonds is 5. The van der Waals surface area contributed by atoms with Crippen LogP contribution in [0.4, 0.5) is 5.82 Å². The molecule has 0 unspecified atom stereocenters. The summed E-state index contributed by atoms with van der Waals surface area (Å²) >= 11 is 5.05. The van der Waals surface area contributed by atoms with Gasteiger partial charge in [-0.2, -0.15) is 0 Å². The molecule has 4 N–H and O–H groups in total. The van der Waals surface area contributed by atoms with Crippen molar-refractivity contribution in [2.45, 2.75) is 6.42 Å². The molecule has 6 nitrogen and oxygen atoms in total. The van der Waals surface area contributed by atoms with Crippen molar-refractivity contribution >= 4 is 39.0 Å². The number of carbonyl (C=O) groups excluding carboxylic acids is 1. The van der Waals surface area contributed by atoms with Crippen molar-refractivity contribution in [2.75, 3.05) is 12.0 Å². The average molecular weight is 342 g/mol. The van der Waals surface area contributed by atoms with Gasteiger partial charge < -0.3 is 10.7 Å². The fourth-order valence-corrected chi connectivity index (χ4v) is 2.90. The lowest BCUT2D eigenvalue weighted by Crippen LogP contribution is -2.27. The topological polar surface area (TPSA) is 92.9 Å². The third kappa shape index (κ3) is 3.98. The minimum Gasteiger partial charge on any atom is -0.350 e. The van der Waals surface area contributed by atoms with Gasteiger partial charge in [-0.25, -0.2) is 10.8 Å². The van der Waals surface area contributed by atoms with E-state index in [2.05, 4.69) is 36.6 Å². The zero-order valence-corrected chi connectivity index (χ0v) is 12.3. The van der Waals surface area contributed by atoms with Crippen LogP contribution in [0, 0.1) is 0 Å². The van der Waals surface area contributed by atoms with Gasteiger partial charge in [0.25, 0.3) is 5.91 Å². The lowest BCUT2D eigenvalue weighted by molar-refractivity contribution is 0.0949. The number of hydrazine groups is 1. The number of carbonyl (C=O) groups is 1. The van der Waals surface area contributed by atoms with Crippen LogP contribution in [0.15, 0.2) is 28.3 Å². The van der Waals surface area contributed by atoms with E-state index >= 15 is 0 Å². The molecule has 0 aliphatic carbocycles. The second-order valence-corrected chi connectivity index (χ2v) is 6.19. The number of nitrogens with two attached hydrogens (primary N) is 1. The first-order valence-corrected chi connectivity index (χ1v) is 7.11. The molecule has 0 bridgehead atoms. The van der Waals surface area contributed by atoms with Gasteiger partial charge in [0.1, 0.15) is 5.69 Å². The highest BCUT2D eigenvalue weighted by molar-refractivity contribution is 9.11. The maximum atomic E-state index is 11.8. The number of hydrogen-bond acceptors (Lipinski definition) is 6. The molecule has 2 heterocycles. The number of nitrogens with zero attached hydrogens (tertiary/aromatic N) is 2. The SMILES string of the molecule is NNc1cncc(C(=O)NCCc2ccc(Br)s2)n1. The summed E-state index contributed by atoms with van der Waals surface area (Å²) in [4.78, 5) is 20.9. The van der Waals surface area contributed by atoms with Crippen LogP contribution in [-0.2, 0) is 6.42 Å². The molecule has 2 aromatic rings. The molecule has 1 amide bonds. The van der Waals surface area contributed by atoms with Crippen LogP contribution in [0.3, 0.4) is 0 Å². The molecule has 0 radical (unpaired) electrons. The van der Waals surface area contributed by atoms with Gasteiger partial charge >= 0.3 is 0 Å². The molecule has 0 saturated heterocycles. The predicted molar refractivity (Wildman–Crippen MR) is 77.9 cm³/mol. The van der Waals surface area contributed by atoms with Gasteiger partial charge in [0.15, 0.2) is 5.82 Å². The molecule has 8 heteroatoms. The summed E-state index contributed by atoms with van der Waals surface area (Å²) in [5, 5.41) is 2.79. The Hall–Kier alpha value is -1.51. The van der Waals surface area contributed by atoms with Crippen molar-refractivity contribution in [1.82, 2.24) is 15.3 Å². The Morgan fingerprint density at radius 3 is 2.95 bits per heavy atom. The summed E-state index contributed by atoms with van der Waals surface area (Å²) in [6, 6.07) is 4.02. The van der Waals surface area contributed by atoms with Crippen LogP contribution in [0.5, 0.6) is 0 Å². The average Bonchev–Trinajstić information content (AvgIpc) is 2.84. The summed E-state index contributed by atoms with van der Waals surface area (Å²) in [7, 11) is 0. The molecular weight excluding hydrogens is 330 g/mol. The standard InChI is InChI=1S/C11H12BrN5OS/c12-9-2-1-7(19-9)3-4-15-11(18)8-5-14-6-10(16-8)17-13/h1-2,5-6H,3-4,13H2,(H,15,18)(H,16,17). The summed E-state index contributed by atoms with van der Waals surface area (Å²) in [6.45, 7) is 0.549. The maximum Gasteiger partial charge on any atom is 0.271 e. The molecule has 100 valence electrons.